The normalized spacial score (nSPS) is 25.6. The van der Waals surface area contributed by atoms with Gasteiger partial charge in [-0.25, -0.2) is 8.78 Å². The number of aromatic nitrogens is 5. The molecular formula is C33H36ClF2N7O3. The van der Waals surface area contributed by atoms with E-state index in [1.54, 1.807) is 18.5 Å². The van der Waals surface area contributed by atoms with Gasteiger partial charge in [-0.1, -0.05) is 11.6 Å². The van der Waals surface area contributed by atoms with Gasteiger partial charge in [0.2, 0.25) is 0 Å². The van der Waals surface area contributed by atoms with E-state index in [2.05, 4.69) is 20.1 Å². The summed E-state index contributed by atoms with van der Waals surface area (Å²) in [6, 6.07) is 1.82. The van der Waals surface area contributed by atoms with Crippen LogP contribution in [0.15, 0.2) is 18.5 Å². The Bertz CT molecular complexity index is 1820. The van der Waals surface area contributed by atoms with Crippen LogP contribution in [0.1, 0.15) is 63.4 Å². The van der Waals surface area contributed by atoms with Crippen LogP contribution in [0, 0.1) is 5.82 Å². The molecule has 8 heterocycles. The van der Waals surface area contributed by atoms with E-state index in [4.69, 9.17) is 31.0 Å². The van der Waals surface area contributed by atoms with Gasteiger partial charge < -0.3 is 14.4 Å². The summed E-state index contributed by atoms with van der Waals surface area (Å²) in [7, 11) is 0. The highest BCUT2D eigenvalue weighted by Gasteiger charge is 2.49. The van der Waals surface area contributed by atoms with Crippen molar-refractivity contribution in [2.75, 3.05) is 37.7 Å². The summed E-state index contributed by atoms with van der Waals surface area (Å²) >= 11 is 6.80. The van der Waals surface area contributed by atoms with E-state index in [1.165, 1.54) is 0 Å². The fourth-order valence-corrected chi connectivity index (χ4v) is 8.27. The van der Waals surface area contributed by atoms with Crippen LogP contribution < -0.4 is 9.64 Å². The van der Waals surface area contributed by atoms with Crippen molar-refractivity contribution in [2.45, 2.75) is 82.0 Å². The Hall–Kier alpha value is -3.64. The van der Waals surface area contributed by atoms with Gasteiger partial charge in [0.25, 0.3) is 0 Å². The van der Waals surface area contributed by atoms with Crippen LogP contribution in [0.4, 0.5) is 14.6 Å². The average Bonchev–Trinajstić information content (AvgIpc) is 3.68. The van der Waals surface area contributed by atoms with Crippen LogP contribution in [0.5, 0.6) is 6.01 Å². The zero-order valence-corrected chi connectivity index (χ0v) is 26.3. The predicted molar refractivity (Wildman–Crippen MR) is 169 cm³/mol. The highest BCUT2D eigenvalue weighted by molar-refractivity contribution is 6.33. The Labute approximate surface area is 269 Å². The number of H-pyrrole nitrogens is 1. The summed E-state index contributed by atoms with van der Waals surface area (Å²) in [5.41, 5.74) is 1.71. The molecule has 0 unspecified atom stereocenters. The third kappa shape index (κ3) is 5.23. The van der Waals surface area contributed by atoms with E-state index in [9.17, 15) is 9.18 Å². The summed E-state index contributed by atoms with van der Waals surface area (Å²) in [4.78, 5) is 31.3. The quantitative estimate of drug-likeness (QED) is 0.269. The van der Waals surface area contributed by atoms with Gasteiger partial charge in [-0.3, -0.25) is 19.8 Å². The van der Waals surface area contributed by atoms with Crippen molar-refractivity contribution in [1.82, 2.24) is 30.0 Å². The Morgan fingerprint density at radius 3 is 2.89 bits per heavy atom. The zero-order chi connectivity index (χ0) is 31.4. The summed E-state index contributed by atoms with van der Waals surface area (Å²) < 4.78 is 43.8. The highest BCUT2D eigenvalue weighted by Crippen LogP contribution is 2.42. The lowest BCUT2D eigenvalue weighted by Gasteiger charge is -2.31. The number of esters is 1. The van der Waals surface area contributed by atoms with E-state index in [-0.39, 0.29) is 42.3 Å². The topological polar surface area (TPSA) is 109 Å². The molecule has 3 fully saturated rings. The Balaban J connectivity index is 1.30. The van der Waals surface area contributed by atoms with Gasteiger partial charge in [0.15, 0.2) is 5.82 Å². The van der Waals surface area contributed by atoms with Gasteiger partial charge in [-0.15, -0.1) is 0 Å². The van der Waals surface area contributed by atoms with E-state index >= 15 is 4.39 Å². The first-order chi connectivity index (χ1) is 22.4. The van der Waals surface area contributed by atoms with Gasteiger partial charge in [-0.2, -0.15) is 15.1 Å². The number of alkyl halides is 1. The van der Waals surface area contributed by atoms with Crippen molar-refractivity contribution in [3.05, 3.63) is 34.9 Å². The number of nitrogens with one attached hydrogen (secondary N) is 1. The van der Waals surface area contributed by atoms with Crippen LogP contribution in [-0.2, 0) is 16.0 Å². The molecule has 13 heteroatoms. The number of hydrogen-bond donors (Lipinski definition) is 1. The number of anilines is 1. The Kier molecular flexibility index (Phi) is 7.67. The zero-order valence-electron chi connectivity index (χ0n) is 25.5. The molecule has 4 aromatic rings. The molecule has 0 saturated carbocycles. The molecule has 1 aromatic carbocycles. The maximum Gasteiger partial charge on any atom is 0.319 e. The largest absolute Gasteiger partial charge is 0.461 e. The number of benzene rings is 1. The number of carbonyl (C=O) groups is 1. The molecule has 0 aliphatic carbocycles. The molecule has 1 N–H and O–H groups in total. The minimum atomic E-state index is -0.904. The SMILES string of the molecule is O=C1CCCCc2c(Cl)cc3[nH]ncc3c2-c2ncc3c(nc(OC[C@@]45CCCN4C[C@H](F)C5)nc3c2F)N2CCCC[C@H](C2)O1. The molecule has 10 nitrogen and oxygen atoms in total. The second-order valence-electron chi connectivity index (χ2n) is 13.2. The van der Waals surface area contributed by atoms with Gasteiger partial charge in [0, 0.05) is 48.1 Å². The Morgan fingerprint density at radius 2 is 1.98 bits per heavy atom. The number of nitrogens with zero attached hydrogens (tertiary/aromatic N) is 6. The van der Waals surface area contributed by atoms with Gasteiger partial charge in [-0.05, 0) is 69.5 Å². The van der Waals surface area contributed by atoms with Crippen molar-refractivity contribution in [1.29, 1.82) is 0 Å². The maximum atomic E-state index is 17.0. The summed E-state index contributed by atoms with van der Waals surface area (Å²) in [6.07, 6.45) is 8.75. The smallest absolute Gasteiger partial charge is 0.319 e. The minimum Gasteiger partial charge on any atom is -0.461 e. The molecule has 3 saturated heterocycles. The molecule has 0 radical (unpaired) electrons. The summed E-state index contributed by atoms with van der Waals surface area (Å²) in [5, 5.41) is 8.73. The number of aromatic amines is 1. The first kappa shape index (κ1) is 29.7. The number of hydrogen-bond acceptors (Lipinski definition) is 9. The molecule has 3 aromatic heterocycles. The van der Waals surface area contributed by atoms with Crippen LogP contribution in [-0.4, -0.2) is 86.6 Å². The van der Waals surface area contributed by atoms with Crippen LogP contribution in [0.3, 0.4) is 0 Å². The van der Waals surface area contributed by atoms with E-state index in [0.29, 0.717) is 78.0 Å². The van der Waals surface area contributed by atoms with Crippen molar-refractivity contribution >= 4 is 45.2 Å². The van der Waals surface area contributed by atoms with Crippen LogP contribution in [0.2, 0.25) is 5.02 Å². The van der Waals surface area contributed by atoms with E-state index in [0.717, 1.165) is 44.2 Å². The molecular weight excluding hydrogens is 616 g/mol. The molecule has 242 valence electrons. The molecule has 6 bridgehead atoms. The van der Waals surface area contributed by atoms with Crippen molar-refractivity contribution in [3.63, 3.8) is 0 Å². The van der Waals surface area contributed by atoms with Crippen molar-refractivity contribution < 1.29 is 23.0 Å². The molecule has 0 amide bonds. The molecule has 5 aliphatic heterocycles. The minimum absolute atomic E-state index is 0.0285. The number of ether oxygens (including phenoxy) is 2. The summed E-state index contributed by atoms with van der Waals surface area (Å²) in [5.74, 6) is -0.359. The first-order valence-corrected chi connectivity index (χ1v) is 16.7. The van der Waals surface area contributed by atoms with Crippen molar-refractivity contribution in [2.24, 2.45) is 0 Å². The van der Waals surface area contributed by atoms with Gasteiger partial charge in [0.1, 0.15) is 35.9 Å². The number of halogens is 3. The lowest BCUT2D eigenvalue weighted by atomic mass is 9.94. The third-order valence-electron chi connectivity index (χ3n) is 10.2. The van der Waals surface area contributed by atoms with E-state index < -0.39 is 17.5 Å². The number of rotatable bonds is 3. The molecule has 0 spiro atoms. The van der Waals surface area contributed by atoms with Crippen LogP contribution in [0.25, 0.3) is 33.1 Å². The maximum absolute atomic E-state index is 17.0. The van der Waals surface area contributed by atoms with Crippen molar-refractivity contribution in [3.8, 4) is 17.3 Å². The second-order valence-corrected chi connectivity index (χ2v) is 13.6. The second kappa shape index (κ2) is 11.9. The predicted octanol–water partition coefficient (Wildman–Crippen LogP) is 5.94. The van der Waals surface area contributed by atoms with Gasteiger partial charge in [0.05, 0.1) is 29.2 Å². The number of fused-ring (bicyclic) bond motifs is 8. The standard InChI is InChI=1S/C33H36ClF2N7O3/c34-24-12-25-22(15-38-41-25)27-21(24)7-1-2-8-26(44)46-20-6-3-4-10-42(17-20)31-23-14-37-30(27)28(36)29(23)39-32(40-31)45-18-33-9-5-11-43(33)16-19(35)13-33/h12,14-15,19-20H,1-11,13,16-18H2,(H,38,41)/t19-,20-,33+/m1/s1. The molecule has 9 rings (SSSR count). The highest BCUT2D eigenvalue weighted by atomic mass is 35.5. The van der Waals surface area contributed by atoms with Crippen LogP contribution >= 0.6 is 11.6 Å². The molecule has 3 atom stereocenters. The lowest BCUT2D eigenvalue weighted by molar-refractivity contribution is -0.149. The molecule has 46 heavy (non-hydrogen) atoms. The monoisotopic (exact) mass is 651 g/mol. The first-order valence-electron chi connectivity index (χ1n) is 16.4. The summed E-state index contributed by atoms with van der Waals surface area (Å²) in [6.45, 7) is 2.49. The average molecular weight is 652 g/mol. The Morgan fingerprint density at radius 1 is 1.09 bits per heavy atom. The third-order valence-corrected chi connectivity index (χ3v) is 10.5. The fraction of sp³-hybridized carbons (Fsp3) is 0.545. The lowest BCUT2D eigenvalue weighted by Crippen LogP contribution is -2.43. The van der Waals surface area contributed by atoms with E-state index in [1.807, 2.05) is 4.90 Å². The van der Waals surface area contributed by atoms with Gasteiger partial charge >= 0.3 is 12.0 Å². The molecule has 5 aliphatic rings. The fourth-order valence-electron chi connectivity index (χ4n) is 7.97. The number of carbonyl (C=O) groups excluding carboxylic acids is 1. The number of pyridine rings is 1.